The smallest absolute Gasteiger partial charge is 0.425 e. The molecule has 11 aromatic carbocycles. The van der Waals surface area contributed by atoms with E-state index < -0.39 is 222 Å². The average molecular weight is 2280 g/mol. The highest BCUT2D eigenvalue weighted by molar-refractivity contribution is 7.92. The standard InChI is InChI=1S/C29H28N8O15S4.C18H17N3O6S2.C15H16N4O.C14H16N4O6S2.4O3S/c1-15-3-9-19(21(13-15)54(42,43)44)33-35-26-23(29(38)39)27(36-34-20-10-6-17(51-2)14-22(20)55(45,46)47)25(31)28(24(26)30)37-32-16-4-7-18(8-5-16)53(40,41)12-11-52-56(48,49)50;19-18-16-4-2-1-3-13(16)5-10-17(18)21-20-14-6-8-15(9-7-14)28(22,23)12-11-27-29(24,25)26;1-10-6-8-12(9-7-10)18-19-15-13(16)4-3-5-14(15)17-11(2)20;15-10-1-6-14(13(16)9-10)18-17-11-2-4-12(5-3-11)25(19,20)8-7-24-26(21,22)23;4*1-4(2)3/h3-10,13-14H,11-12,30-31H2,1-2H3,(H,38,39)(H,42,43,44)(H,45,46,47)(H,48,49,50);1-10H,11-12,19H2,(H,24,25,26);3-9H,16H2,1-2H3,(H,17,20);1-6,9H,7-8,15-16H2,(H,21,22,23);;;;. The molecule has 71 heteroatoms. The number of carbonyl (C=O) groups is 2. The summed E-state index contributed by atoms with van der Waals surface area (Å²) in [5, 5.41) is 62.3. The highest BCUT2D eigenvalue weighted by atomic mass is 32.3. The Morgan fingerprint density at radius 2 is 0.687 bits per heavy atom. The van der Waals surface area contributed by atoms with Crippen molar-refractivity contribution in [2.75, 3.05) is 83.9 Å². The molecule has 0 unspecified atom stereocenters. The Kier molecular flexibility index (Phi) is 47.3. The lowest BCUT2D eigenvalue weighted by molar-refractivity contribution is -0.114. The Labute approximate surface area is 839 Å². The third-order valence-corrected chi connectivity index (χ3v) is 25.1. The number of benzene rings is 11. The Bertz CT molecular complexity index is 8280. The highest BCUT2D eigenvalue weighted by Gasteiger charge is 2.29. The Morgan fingerprint density at radius 3 is 1.07 bits per heavy atom. The molecule has 0 saturated heterocycles. The van der Waals surface area contributed by atoms with Gasteiger partial charge >= 0.3 is 79.6 Å². The number of carboxylic acid groups (broad SMARTS) is 1. The van der Waals surface area contributed by atoms with Crippen LogP contribution in [0.15, 0.2) is 292 Å². The normalized spacial score (nSPS) is 11.7. The maximum Gasteiger partial charge on any atom is 0.425 e. The molecule has 0 radical (unpaired) electrons. The third kappa shape index (κ3) is 44.8. The van der Waals surface area contributed by atoms with Crippen LogP contribution in [0.2, 0.25) is 0 Å². The van der Waals surface area contributed by atoms with Crippen molar-refractivity contribution in [2.24, 2.45) is 61.4 Å². The van der Waals surface area contributed by atoms with Gasteiger partial charge in [0.25, 0.3) is 20.2 Å². The number of aromatic carboxylic acids is 1. The van der Waals surface area contributed by atoms with E-state index in [0.717, 1.165) is 70.6 Å². The van der Waals surface area contributed by atoms with E-state index in [2.05, 4.69) is 79.2 Å². The Hall–Kier alpha value is -15.4. The molecule has 788 valence electrons. The van der Waals surface area contributed by atoms with Gasteiger partial charge in [0.15, 0.2) is 29.5 Å². The molecule has 0 spiro atoms. The number of sulfone groups is 3. The molecular weight excluding hydrogens is 2200 g/mol. The van der Waals surface area contributed by atoms with Gasteiger partial charge in [-0.15, -0.1) is 91.4 Å². The number of rotatable bonds is 32. The highest BCUT2D eigenvalue weighted by Crippen LogP contribution is 2.50. The molecule has 0 saturated carbocycles. The number of fused-ring (bicyclic) bond motifs is 1. The van der Waals surface area contributed by atoms with E-state index in [1.54, 1.807) is 42.5 Å². The first-order chi connectivity index (χ1) is 68.1. The summed E-state index contributed by atoms with van der Waals surface area (Å²) in [7, 11) is -47.0. The number of amides is 1. The number of nitrogen functional groups attached to an aromatic ring is 6. The lowest BCUT2D eigenvalue weighted by atomic mass is 10.1. The van der Waals surface area contributed by atoms with Crippen molar-refractivity contribution >= 4 is 254 Å². The molecule has 0 heterocycles. The zero-order chi connectivity index (χ0) is 111. The van der Waals surface area contributed by atoms with E-state index in [9.17, 15) is 91.1 Å². The summed E-state index contributed by atoms with van der Waals surface area (Å²) in [5.74, 6) is -4.06. The number of hydrogen-bond donors (Lipinski definition) is 13. The van der Waals surface area contributed by atoms with Crippen LogP contribution in [0.3, 0.4) is 0 Å². The maximum atomic E-state index is 12.7. The summed E-state index contributed by atoms with van der Waals surface area (Å²) in [6.07, 6.45) is 0. The van der Waals surface area contributed by atoms with Crippen LogP contribution in [0.4, 0.5) is 108 Å². The van der Waals surface area contributed by atoms with Gasteiger partial charge in [-0.25, -0.2) is 42.6 Å². The molecule has 1 amide bonds. The summed E-state index contributed by atoms with van der Waals surface area (Å²) in [6, 6.07) is 51.1. The minimum atomic E-state index is -4.97. The van der Waals surface area contributed by atoms with Gasteiger partial charge in [-0.2, -0.15) is 62.5 Å². The number of azo groups is 6. The molecule has 0 bridgehead atoms. The van der Waals surface area contributed by atoms with Gasteiger partial charge < -0.3 is 49.6 Å². The van der Waals surface area contributed by atoms with Crippen LogP contribution in [-0.2, 0) is 141 Å². The number of carboxylic acids is 1. The largest absolute Gasteiger partial charge is 0.497 e. The fourth-order valence-electron chi connectivity index (χ4n) is 10.6. The molecule has 0 fully saturated rings. The SMILES string of the molecule is CC(=O)Nc1cccc(N)c1N=Nc1ccc(C)cc1.COc1ccc(N=Nc2c(N)c(N=Nc3ccc(S(=O)(=O)CCOS(=O)(=O)O)cc3)c(N)c(N=Nc3ccc(C)cc3S(=O)(=O)O)c2C(=O)O)c(S(=O)(=O)O)c1.Nc1c(N=Nc2ccc(S(=O)(=O)CCOS(=O)(=O)O)cc2)ccc2ccccc12.Nc1ccc(N=Nc2ccc(S(=O)(=O)CCOS(=O)(=O)O)cc2)c(N)c1.O=S(=O)=O.O=S(=O)=O.O=S(=O)=O.O=S(=O)=O. The molecule has 0 aliphatic rings. The molecule has 0 aromatic heterocycles. The van der Waals surface area contributed by atoms with Crippen molar-refractivity contribution in [3.05, 3.63) is 223 Å². The van der Waals surface area contributed by atoms with E-state index in [1.807, 2.05) is 61.5 Å². The van der Waals surface area contributed by atoms with Crippen LogP contribution in [0.1, 0.15) is 28.4 Å². The van der Waals surface area contributed by atoms with Crippen LogP contribution >= 0.6 is 0 Å². The number of nitrogens with zero attached hydrogens (tertiary/aromatic N) is 12. The topological polar surface area (TPSA) is 987 Å². The van der Waals surface area contributed by atoms with Crippen LogP contribution in [-0.4, -0.2) is 202 Å². The van der Waals surface area contributed by atoms with Crippen molar-refractivity contribution < 1.29 is 173 Å². The second-order valence-corrected chi connectivity index (χ2v) is 41.3. The lowest BCUT2D eigenvalue weighted by Gasteiger charge is -2.13. The lowest BCUT2D eigenvalue weighted by Crippen LogP contribution is -2.15. The monoisotopic (exact) mass is 2280 g/mol. The molecule has 19 N–H and O–H groups in total. The van der Waals surface area contributed by atoms with Crippen molar-refractivity contribution in [3.63, 3.8) is 0 Å². The summed E-state index contributed by atoms with van der Waals surface area (Å²) in [6.45, 7) is 2.68. The molecule has 147 heavy (non-hydrogen) atoms. The van der Waals surface area contributed by atoms with Crippen molar-refractivity contribution in [1.82, 2.24) is 0 Å². The van der Waals surface area contributed by atoms with Gasteiger partial charge in [0, 0.05) is 24.1 Å². The van der Waals surface area contributed by atoms with Gasteiger partial charge in [0.2, 0.25) is 5.91 Å². The first-order valence-corrected chi connectivity index (χ1v) is 54.4. The van der Waals surface area contributed by atoms with E-state index in [1.165, 1.54) is 81.6 Å². The summed E-state index contributed by atoms with van der Waals surface area (Å²) in [5.41, 5.74) is 37.4. The number of methoxy groups -OCH3 is 1. The summed E-state index contributed by atoms with van der Waals surface area (Å²) < 4.78 is 349. The number of nitrogens with one attached hydrogen (secondary N) is 1. The van der Waals surface area contributed by atoms with E-state index in [-0.39, 0.29) is 32.0 Å². The van der Waals surface area contributed by atoms with Crippen LogP contribution in [0, 0.1) is 13.8 Å². The second-order valence-electron chi connectivity index (χ2n) is 27.3. The third-order valence-electron chi connectivity index (χ3n) is 16.9. The number of hydrogen-bond acceptors (Lipinski definition) is 52. The zero-order valence-electron chi connectivity index (χ0n) is 74.7. The zero-order valence-corrected chi connectivity index (χ0v) is 84.5. The summed E-state index contributed by atoms with van der Waals surface area (Å²) in [4.78, 5) is 22.0. The van der Waals surface area contributed by atoms with E-state index >= 15 is 0 Å². The molecular formula is C76H77N19O40S12. The number of nitrogens with two attached hydrogens (primary N) is 6. The summed E-state index contributed by atoms with van der Waals surface area (Å²) >= 11 is 0. The van der Waals surface area contributed by atoms with E-state index in [0.29, 0.717) is 62.4 Å². The van der Waals surface area contributed by atoms with Gasteiger partial charge in [-0.05, 0) is 170 Å². The Balaban J connectivity index is 0.000000415. The molecule has 0 aliphatic carbocycles. The first kappa shape index (κ1) is 124. The molecule has 0 aliphatic heterocycles. The first-order valence-electron chi connectivity index (χ1n) is 38.4. The Morgan fingerprint density at radius 1 is 0.347 bits per heavy atom. The quantitative estimate of drug-likeness (QED) is 0.0106. The number of anilines is 7. The number of aryl methyl sites for hydroxylation is 2. The fourth-order valence-corrected chi connectivity index (χ4v) is 16.4. The number of carbonyl (C=O) groups excluding carboxylic acids is 1. The van der Waals surface area contributed by atoms with Crippen LogP contribution in [0.25, 0.3) is 10.8 Å². The van der Waals surface area contributed by atoms with E-state index in [4.69, 9.17) is 103 Å². The van der Waals surface area contributed by atoms with Gasteiger partial charge in [0.05, 0.1) is 116 Å². The minimum Gasteiger partial charge on any atom is -0.497 e. The molecule has 59 nitrogen and oxygen atoms in total. The average Bonchev–Trinajstić information content (AvgIpc) is 0.762. The van der Waals surface area contributed by atoms with Gasteiger partial charge in [-0.3, -0.25) is 27.6 Å². The van der Waals surface area contributed by atoms with Crippen molar-refractivity contribution in [3.8, 4) is 5.75 Å². The molecule has 0 atom stereocenters. The minimum absolute atomic E-state index is 0.0163. The fraction of sp³-hybridized carbons (Fsp3) is 0.132. The van der Waals surface area contributed by atoms with Crippen molar-refractivity contribution in [1.29, 1.82) is 0 Å². The predicted molar refractivity (Wildman–Crippen MR) is 518 cm³/mol. The van der Waals surface area contributed by atoms with Crippen LogP contribution in [0.5, 0.6) is 5.75 Å². The maximum absolute atomic E-state index is 12.7. The second kappa shape index (κ2) is 56.2. The molecule has 11 aromatic rings. The predicted octanol–water partition coefficient (Wildman–Crippen LogP) is 10.4. The number of ether oxygens (including phenoxy) is 1. The van der Waals surface area contributed by atoms with Crippen molar-refractivity contribution in [2.45, 2.75) is 45.2 Å². The molecule has 11 rings (SSSR count). The van der Waals surface area contributed by atoms with Gasteiger partial charge in [-0.1, -0.05) is 60.2 Å². The van der Waals surface area contributed by atoms with Gasteiger partial charge in [0.1, 0.15) is 66.6 Å². The van der Waals surface area contributed by atoms with Crippen LogP contribution < -0.4 is 44.5 Å².